The molecule has 0 spiro atoms. The van der Waals surface area contributed by atoms with Crippen molar-refractivity contribution in [1.82, 2.24) is 9.97 Å². The average molecular weight is 782 g/mol. The van der Waals surface area contributed by atoms with Crippen molar-refractivity contribution in [2.24, 2.45) is 4.99 Å². The predicted octanol–water partition coefficient (Wildman–Crippen LogP) is 11.9. The Morgan fingerprint density at radius 3 is 1.30 bits per heavy atom. The van der Waals surface area contributed by atoms with Crippen LogP contribution in [-0.4, -0.2) is 15.7 Å². The number of nitrogens with zero attached hydrogens (tertiary/aromatic N) is 4. The molecule has 0 aliphatic carbocycles. The summed E-state index contributed by atoms with van der Waals surface area (Å²) in [5.74, 6) is 1.75. The summed E-state index contributed by atoms with van der Waals surface area (Å²) >= 11 is 9.40. The molecule has 2 heterocycles. The molecule has 0 N–H and O–H groups in total. The monoisotopic (exact) mass is 779 g/mol. The van der Waals surface area contributed by atoms with Crippen LogP contribution < -0.4 is 0 Å². The number of rotatable bonds is 8. The third-order valence-electron chi connectivity index (χ3n) is 6.95. The van der Waals surface area contributed by atoms with E-state index in [2.05, 4.69) is 122 Å². The maximum atomic E-state index is 5.08. The summed E-state index contributed by atoms with van der Waals surface area (Å²) in [6, 6.07) is 24.1. The van der Waals surface area contributed by atoms with E-state index in [9.17, 15) is 0 Å². The van der Waals surface area contributed by atoms with Crippen LogP contribution in [0.1, 0.15) is 115 Å². The van der Waals surface area contributed by atoms with Crippen molar-refractivity contribution in [3.8, 4) is 0 Å². The van der Waals surface area contributed by atoms with Gasteiger partial charge in [0.05, 0.1) is 5.69 Å². The Bertz CT molecular complexity index is 1430. The first-order valence-electron chi connectivity index (χ1n) is 15.7. The number of hydrogen-bond acceptors (Lipinski definition) is 5. The van der Waals surface area contributed by atoms with Gasteiger partial charge < -0.3 is 30.6 Å². The van der Waals surface area contributed by atoms with E-state index in [-0.39, 0.29) is 40.8 Å². The number of hydrogen-bond donors (Lipinski definition) is 0. The molecule has 4 aromatic rings. The molecule has 2 aromatic carbocycles. The largest absolute Gasteiger partial charge is 3.00 e. The van der Waals surface area contributed by atoms with E-state index in [1.807, 2.05) is 24.3 Å². The van der Waals surface area contributed by atoms with E-state index in [1.54, 1.807) is 24.5 Å². The first-order valence-corrected chi connectivity index (χ1v) is 16.5. The molecule has 0 unspecified atom stereocenters. The molecule has 0 aliphatic heterocycles. The summed E-state index contributed by atoms with van der Waals surface area (Å²) in [6.07, 6.45) is 5.48. The number of aliphatic imine (C=N–C) groups is 1. The summed E-state index contributed by atoms with van der Waals surface area (Å²) < 4.78 is 0. The van der Waals surface area contributed by atoms with Crippen LogP contribution in [0.5, 0.6) is 0 Å². The minimum Gasteiger partial charge on any atom is -0.760 e. The molecule has 7 heteroatoms. The molecule has 0 bridgehead atoms. The second kappa shape index (κ2) is 21.6. The van der Waals surface area contributed by atoms with Crippen LogP contribution in [0.2, 0.25) is 0 Å². The molecular formula is C39H49N4NdS2. The van der Waals surface area contributed by atoms with E-state index >= 15 is 0 Å². The smallest absolute Gasteiger partial charge is 0.760 e. The van der Waals surface area contributed by atoms with Crippen molar-refractivity contribution in [1.29, 1.82) is 0 Å². The van der Waals surface area contributed by atoms with Gasteiger partial charge in [0.25, 0.3) is 0 Å². The van der Waals surface area contributed by atoms with E-state index in [0.29, 0.717) is 33.7 Å². The second-order valence-corrected chi connectivity index (χ2v) is 13.0. The van der Waals surface area contributed by atoms with Crippen LogP contribution in [0, 0.1) is 40.8 Å². The zero-order valence-electron chi connectivity index (χ0n) is 29.1. The van der Waals surface area contributed by atoms with Gasteiger partial charge >= 0.3 is 40.8 Å². The van der Waals surface area contributed by atoms with Crippen LogP contribution in [0.15, 0.2) is 112 Å². The Morgan fingerprint density at radius 1 is 0.609 bits per heavy atom. The van der Waals surface area contributed by atoms with Crippen molar-refractivity contribution in [3.05, 3.63) is 125 Å². The van der Waals surface area contributed by atoms with Gasteiger partial charge in [-0.3, -0.25) is 15.0 Å². The molecule has 0 amide bonds. The second-order valence-electron chi connectivity index (χ2n) is 12.2. The molecular weight excluding hydrogens is 733 g/mol. The van der Waals surface area contributed by atoms with Crippen molar-refractivity contribution >= 4 is 42.3 Å². The number of pyridine rings is 2. The van der Waals surface area contributed by atoms with Gasteiger partial charge in [0.2, 0.25) is 0 Å². The van der Waals surface area contributed by atoms with E-state index in [1.165, 1.54) is 22.3 Å². The standard InChI is InChI=1S/C29H41N2.2C5H5NS.Nd/c1-18(2)24-13-11-14-25(19(3)4)28(24)30-22(9)17-23(10)31-29-26(20(5)6)15-12-16-27(29)21(7)8;2*7-5-3-1-2-4-6-5;/h11-21H,1-10H3;2*1-4H,(H,6,7);/q-1;;;+3/p-2/b22-17-,31-23?;;;. The Kier molecular flexibility index (Phi) is 19.6. The van der Waals surface area contributed by atoms with Gasteiger partial charge in [-0.2, -0.15) is 5.70 Å². The minimum atomic E-state index is 0. The molecule has 0 atom stereocenters. The molecule has 0 saturated heterocycles. The molecule has 0 aliphatic rings. The van der Waals surface area contributed by atoms with Crippen LogP contribution in [-0.2, 0) is 25.3 Å². The molecule has 0 saturated carbocycles. The average Bonchev–Trinajstić information content (AvgIpc) is 2.98. The van der Waals surface area contributed by atoms with Gasteiger partial charge in [0.1, 0.15) is 0 Å². The topological polar surface area (TPSA) is 52.2 Å². The SMILES string of the molecule is CC(/C=C(/C)[N-]c1c(C(C)C)cccc1C(C)C)=Nc1c(C(C)C)cccc1C(C)C.[Nd+3].[S-]c1ccccn1.[S-]c1ccccn1. The predicted molar refractivity (Wildman–Crippen MR) is 199 cm³/mol. The first-order chi connectivity index (χ1) is 21.3. The maximum Gasteiger partial charge on any atom is 3.00 e. The van der Waals surface area contributed by atoms with E-state index in [4.69, 9.17) is 35.6 Å². The summed E-state index contributed by atoms with van der Waals surface area (Å²) in [5.41, 5.74) is 9.45. The summed E-state index contributed by atoms with van der Waals surface area (Å²) in [6.45, 7) is 22.1. The number of para-hydroxylation sites is 2. The summed E-state index contributed by atoms with van der Waals surface area (Å²) in [7, 11) is 0. The Labute approximate surface area is 322 Å². The fraction of sp³-hybridized carbons (Fsp3) is 0.359. The maximum absolute atomic E-state index is 5.08. The van der Waals surface area contributed by atoms with Crippen molar-refractivity contribution in [3.63, 3.8) is 0 Å². The zero-order chi connectivity index (χ0) is 33.5. The third-order valence-corrected chi connectivity index (χ3v) is 7.44. The molecule has 4 nitrogen and oxygen atoms in total. The molecule has 4 rings (SSSR count). The fourth-order valence-corrected chi connectivity index (χ4v) is 4.97. The normalized spacial score (nSPS) is 11.4. The molecule has 46 heavy (non-hydrogen) atoms. The summed E-state index contributed by atoms with van der Waals surface area (Å²) in [5, 5.41) is 6.39. The van der Waals surface area contributed by atoms with E-state index in [0.717, 1.165) is 22.8 Å². The van der Waals surface area contributed by atoms with Crippen molar-refractivity contribution in [2.45, 2.75) is 103 Å². The van der Waals surface area contributed by atoms with Gasteiger partial charge in [-0.25, -0.2) is 0 Å². The minimum absolute atomic E-state index is 0. The molecule has 2 aromatic heterocycles. The number of aromatic nitrogens is 2. The van der Waals surface area contributed by atoms with Gasteiger partial charge in [-0.15, -0.1) is 5.69 Å². The molecule has 241 valence electrons. The van der Waals surface area contributed by atoms with Gasteiger partial charge in [0, 0.05) is 18.1 Å². The number of allylic oxidation sites excluding steroid dienone is 2. The third kappa shape index (κ3) is 14.2. The van der Waals surface area contributed by atoms with Gasteiger partial charge in [-0.05, 0) is 53.9 Å². The van der Waals surface area contributed by atoms with Crippen molar-refractivity contribution < 1.29 is 40.8 Å². The molecule has 0 fully saturated rings. The first kappa shape index (κ1) is 41.8. The fourth-order valence-electron chi connectivity index (χ4n) is 4.70. The number of benzene rings is 2. The van der Waals surface area contributed by atoms with Crippen LogP contribution >= 0.6 is 0 Å². The Morgan fingerprint density at radius 2 is 1.00 bits per heavy atom. The van der Waals surface area contributed by atoms with Gasteiger partial charge in [0.15, 0.2) is 0 Å². The molecule has 1 radical (unpaired) electrons. The van der Waals surface area contributed by atoms with Crippen molar-refractivity contribution in [2.75, 3.05) is 0 Å². The van der Waals surface area contributed by atoms with Crippen LogP contribution in [0.3, 0.4) is 0 Å². The Balaban J connectivity index is 0.000000573. The van der Waals surface area contributed by atoms with Crippen LogP contribution in [0.4, 0.5) is 11.4 Å². The quantitative estimate of drug-likeness (QED) is 0.132. The Hall–Kier alpha value is -2.26. The van der Waals surface area contributed by atoms with Gasteiger partial charge in [-0.1, -0.05) is 150 Å². The zero-order valence-corrected chi connectivity index (χ0v) is 33.9. The van der Waals surface area contributed by atoms with Crippen LogP contribution in [0.25, 0.3) is 5.32 Å². The van der Waals surface area contributed by atoms with E-state index < -0.39 is 0 Å². The summed E-state index contributed by atoms with van der Waals surface area (Å²) in [4.78, 5) is 12.7.